The van der Waals surface area contributed by atoms with Gasteiger partial charge in [-0.3, -0.25) is 33.8 Å². The zero-order valence-electron chi connectivity index (χ0n) is 29.8. The smallest absolute Gasteiger partial charge is 0.289 e. The van der Waals surface area contributed by atoms with Crippen molar-refractivity contribution in [2.45, 2.75) is 172 Å². The van der Waals surface area contributed by atoms with Gasteiger partial charge in [0.25, 0.3) is 11.8 Å². The van der Waals surface area contributed by atoms with Crippen LogP contribution in [-0.2, 0) is 24.0 Å². The molecule has 14 heteroatoms. The summed E-state index contributed by atoms with van der Waals surface area (Å²) in [5, 5.41) is 11.5. The van der Waals surface area contributed by atoms with Crippen molar-refractivity contribution in [3.8, 4) is 0 Å². The van der Waals surface area contributed by atoms with Gasteiger partial charge in [0.1, 0.15) is 23.8 Å². The molecule has 13 nitrogen and oxygen atoms in total. The molecule has 6 atom stereocenters. The average molecular weight is 794 g/mol. The SMILES string of the molecule is C.C.C.C.C.CCC[C@@H](NC(=O)[C@H]1[C@@H]2CCC[C@@H]2CN1C(=O)[C@H](NC(=O)[C@H](NC(=O)c1cnccn1)C1CCCCC1)C(C)(C)C)C(=O)C(=O)NC1CC1.S. The van der Waals surface area contributed by atoms with E-state index in [9.17, 15) is 28.8 Å². The molecule has 4 N–H and O–H groups in total. The Kier molecular flexibility index (Phi) is 22.9. The molecule has 5 rings (SSSR count). The van der Waals surface area contributed by atoms with Gasteiger partial charge in [0.05, 0.1) is 12.2 Å². The molecule has 1 aromatic heterocycles. The van der Waals surface area contributed by atoms with E-state index < -0.39 is 59.0 Å². The van der Waals surface area contributed by atoms with Crippen molar-refractivity contribution < 1.29 is 28.8 Å². The maximum absolute atomic E-state index is 14.6. The number of nitrogens with zero attached hydrogens (tertiary/aromatic N) is 3. The molecule has 55 heavy (non-hydrogen) atoms. The first kappa shape index (κ1) is 53.6. The van der Waals surface area contributed by atoms with Crippen LogP contribution in [0.3, 0.4) is 0 Å². The van der Waals surface area contributed by atoms with Crippen molar-refractivity contribution in [3.05, 3.63) is 24.3 Å². The number of hydrogen-bond donors (Lipinski definition) is 4. The van der Waals surface area contributed by atoms with Gasteiger partial charge in [-0.15, -0.1) is 0 Å². The third-order valence-electron chi connectivity index (χ3n) is 10.7. The highest BCUT2D eigenvalue weighted by molar-refractivity contribution is 7.59. The third-order valence-corrected chi connectivity index (χ3v) is 10.7. The maximum Gasteiger partial charge on any atom is 0.289 e. The first-order valence-corrected chi connectivity index (χ1v) is 18.2. The van der Waals surface area contributed by atoms with Gasteiger partial charge in [0.2, 0.25) is 23.5 Å². The summed E-state index contributed by atoms with van der Waals surface area (Å²) in [4.78, 5) is 91.4. The van der Waals surface area contributed by atoms with E-state index in [1.165, 1.54) is 18.6 Å². The third kappa shape index (κ3) is 13.3. The van der Waals surface area contributed by atoms with E-state index in [0.29, 0.717) is 19.4 Å². The number of ketones is 1. The van der Waals surface area contributed by atoms with Crippen LogP contribution in [0.1, 0.15) is 152 Å². The lowest BCUT2D eigenvalue weighted by molar-refractivity contribution is -0.146. The number of rotatable bonds is 13. The van der Waals surface area contributed by atoms with E-state index in [-0.39, 0.29) is 86.0 Å². The van der Waals surface area contributed by atoms with Gasteiger partial charge in [0.15, 0.2) is 0 Å². The van der Waals surface area contributed by atoms with E-state index in [2.05, 4.69) is 31.2 Å². The second-order valence-corrected chi connectivity index (χ2v) is 15.5. The van der Waals surface area contributed by atoms with Crippen molar-refractivity contribution in [1.29, 1.82) is 0 Å². The summed E-state index contributed by atoms with van der Waals surface area (Å²) < 4.78 is 0. The topological polar surface area (TPSA) is 180 Å². The molecule has 0 radical (unpaired) electrons. The molecule has 4 aliphatic rings. The fourth-order valence-corrected chi connectivity index (χ4v) is 7.87. The molecule has 2 heterocycles. The van der Waals surface area contributed by atoms with Crippen LogP contribution in [0.5, 0.6) is 0 Å². The largest absolute Gasteiger partial charge is 0.347 e. The summed E-state index contributed by atoms with van der Waals surface area (Å²) in [5.41, 5.74) is -0.638. The van der Waals surface area contributed by atoms with Crippen molar-refractivity contribution >= 4 is 48.8 Å². The van der Waals surface area contributed by atoms with E-state index in [4.69, 9.17) is 0 Å². The average Bonchev–Trinajstić information content (AvgIpc) is 3.65. The minimum atomic E-state index is -0.994. The molecule has 1 aliphatic heterocycles. The zero-order chi connectivity index (χ0) is 35.3. The lowest BCUT2D eigenvalue weighted by Crippen LogP contribution is -2.62. The minimum Gasteiger partial charge on any atom is -0.347 e. The molecule has 3 aliphatic carbocycles. The Hall–Kier alpha value is -3.55. The van der Waals surface area contributed by atoms with Crippen LogP contribution in [0, 0.1) is 23.2 Å². The Morgan fingerprint density at radius 3 is 2.05 bits per heavy atom. The lowest BCUT2D eigenvalue weighted by atomic mass is 9.82. The first-order chi connectivity index (χ1) is 23.4. The molecule has 0 spiro atoms. The van der Waals surface area contributed by atoms with Crippen molar-refractivity contribution in [3.63, 3.8) is 0 Å². The zero-order valence-corrected chi connectivity index (χ0v) is 30.8. The van der Waals surface area contributed by atoms with Crippen molar-refractivity contribution in [2.24, 2.45) is 23.2 Å². The molecule has 4 fully saturated rings. The molecule has 0 unspecified atom stereocenters. The van der Waals surface area contributed by atoms with Gasteiger partial charge in [-0.05, 0) is 68.1 Å². The van der Waals surface area contributed by atoms with Crippen LogP contribution in [0.2, 0.25) is 0 Å². The van der Waals surface area contributed by atoms with Crippen LogP contribution in [0.15, 0.2) is 18.6 Å². The monoisotopic (exact) mass is 794 g/mol. The second-order valence-electron chi connectivity index (χ2n) is 15.5. The summed E-state index contributed by atoms with van der Waals surface area (Å²) in [6.45, 7) is 7.85. The number of Topliss-reactive ketones (excluding diaryl/α,β-unsaturated/α-hetero) is 1. The normalized spacial score (nSPS) is 21.6. The van der Waals surface area contributed by atoms with Crippen LogP contribution in [0.4, 0.5) is 0 Å². The lowest BCUT2D eigenvalue weighted by Gasteiger charge is -2.38. The highest BCUT2D eigenvalue weighted by atomic mass is 32.1. The fourth-order valence-electron chi connectivity index (χ4n) is 7.87. The van der Waals surface area contributed by atoms with E-state index in [0.717, 1.165) is 64.2 Å². The fraction of sp³-hybridized carbons (Fsp3) is 0.756. The summed E-state index contributed by atoms with van der Waals surface area (Å²) in [6, 6.07) is -3.68. The second kappa shape index (κ2) is 23.5. The number of fused-ring (bicyclic) bond motifs is 1. The maximum atomic E-state index is 14.6. The van der Waals surface area contributed by atoms with E-state index >= 15 is 0 Å². The Bertz CT molecular complexity index is 1400. The predicted octanol–water partition coefficient (Wildman–Crippen LogP) is 5.74. The van der Waals surface area contributed by atoms with Gasteiger partial charge in [-0.1, -0.05) is 96.9 Å². The van der Waals surface area contributed by atoms with Gasteiger partial charge in [-0.25, -0.2) is 4.98 Å². The van der Waals surface area contributed by atoms with Gasteiger partial charge in [-0.2, -0.15) is 13.5 Å². The Morgan fingerprint density at radius 1 is 0.836 bits per heavy atom. The van der Waals surface area contributed by atoms with Crippen LogP contribution in [0.25, 0.3) is 0 Å². The molecule has 3 saturated carbocycles. The van der Waals surface area contributed by atoms with Gasteiger partial charge in [0, 0.05) is 25.0 Å². The Morgan fingerprint density at radius 2 is 1.49 bits per heavy atom. The van der Waals surface area contributed by atoms with E-state index in [1.54, 1.807) is 4.90 Å². The first-order valence-electron chi connectivity index (χ1n) is 18.2. The van der Waals surface area contributed by atoms with Crippen LogP contribution < -0.4 is 21.3 Å². The molecular formula is C41H75N7O6S. The van der Waals surface area contributed by atoms with Gasteiger partial charge < -0.3 is 26.2 Å². The summed E-state index contributed by atoms with van der Waals surface area (Å²) in [6.07, 6.45) is 13.9. The number of likely N-dealkylation sites (tertiary alicyclic amines) is 1. The number of carbonyl (C=O) groups excluding carboxylic acids is 6. The standard InChI is InChI=1S/C36H53N7O6.5CH4.H2S/c1-5-10-25(29(44)34(48)39-23-15-16-23)40-33(47)28-24-14-9-13-22(24)20-43(28)35(49)30(36(2,3)4)42-32(46)27(21-11-7-6-8-12-21)41-31(45)26-19-37-17-18-38-26;;;;;;/h17-19,21-25,27-28,30H,5-16,20H2,1-4H3,(H,39,48)(H,40,47)(H,41,45)(H,42,46);5*1H4;1H2/t22-,24-,25-,27-,28-,30+;;;;;;/m1....../s1. The molecule has 5 amide bonds. The molecule has 1 aromatic rings. The number of aromatic nitrogens is 2. The number of amides is 5. The van der Waals surface area contributed by atoms with Crippen molar-refractivity contribution in [2.75, 3.05) is 6.54 Å². The van der Waals surface area contributed by atoms with Crippen LogP contribution in [-0.4, -0.2) is 86.9 Å². The quantitative estimate of drug-likeness (QED) is 0.183. The van der Waals surface area contributed by atoms with Gasteiger partial charge >= 0.3 is 0 Å². The highest BCUT2D eigenvalue weighted by Gasteiger charge is 2.52. The molecule has 0 aromatic carbocycles. The highest BCUT2D eigenvalue weighted by Crippen LogP contribution is 2.43. The summed E-state index contributed by atoms with van der Waals surface area (Å²) >= 11 is 0. The number of nitrogens with one attached hydrogen (secondary N) is 4. The summed E-state index contributed by atoms with van der Waals surface area (Å²) in [5.74, 6) is -3.20. The Balaban J connectivity index is 0. The number of hydrogen-bond acceptors (Lipinski definition) is 8. The predicted molar refractivity (Wildman–Crippen MR) is 225 cm³/mol. The summed E-state index contributed by atoms with van der Waals surface area (Å²) in [7, 11) is 0. The van der Waals surface area contributed by atoms with Crippen LogP contribution >= 0.6 is 13.5 Å². The van der Waals surface area contributed by atoms with E-state index in [1.807, 2.05) is 27.7 Å². The molecular weight excluding hydrogens is 719 g/mol. The molecule has 1 saturated heterocycles. The number of carbonyl (C=O) groups is 6. The minimum absolute atomic E-state index is 0. The Labute approximate surface area is 339 Å². The van der Waals surface area contributed by atoms with Crippen molar-refractivity contribution in [1.82, 2.24) is 36.1 Å². The molecule has 316 valence electrons. The molecule has 0 bridgehead atoms.